The number of para-hydroxylation sites is 4. The van der Waals surface area contributed by atoms with Crippen LogP contribution in [0.4, 0.5) is 5.69 Å². The summed E-state index contributed by atoms with van der Waals surface area (Å²) in [5, 5.41) is 8.49. The summed E-state index contributed by atoms with van der Waals surface area (Å²) in [4.78, 5) is 0. The van der Waals surface area contributed by atoms with Crippen LogP contribution in [0, 0.1) is 5.92 Å². The molecule has 0 saturated heterocycles. The van der Waals surface area contributed by atoms with Crippen molar-refractivity contribution in [3.05, 3.63) is 186 Å². The van der Waals surface area contributed by atoms with E-state index in [-0.39, 0.29) is 10.8 Å². The first-order chi connectivity index (χ1) is 27.7. The normalized spacial score (nSPS) is 18.5. The van der Waals surface area contributed by atoms with E-state index in [1.807, 2.05) is 12.1 Å². The molecule has 0 bridgehead atoms. The van der Waals surface area contributed by atoms with E-state index in [9.17, 15) is 0 Å². The van der Waals surface area contributed by atoms with Gasteiger partial charge in [-0.05, 0) is 92.2 Å². The van der Waals surface area contributed by atoms with Crippen molar-refractivity contribution in [2.75, 3.05) is 5.32 Å². The number of anilines is 1. The highest BCUT2D eigenvalue weighted by molar-refractivity contribution is 6.10. The Morgan fingerprint density at radius 2 is 1.07 bits per heavy atom. The standard InChI is InChI=1S/C54H41NO2/c1-53(2)45-27-31(35-13-9-15-43-41-11-5-7-17-49(41)56-51(35)43)19-23-37(45)39-25-21-33(29-47(39)53)55-34-22-26-40-38-24-20-32(28-46(38)54(3,4)48(40)30-34)36-14-10-16-44-42-12-6-8-18-50(42)57-52(36)44/h5-30,39,47,55H,1-4H3. The number of allylic oxidation sites excluding steroid dienone is 3. The van der Waals surface area contributed by atoms with Crippen molar-refractivity contribution >= 4 is 49.6 Å². The fourth-order valence-electron chi connectivity index (χ4n) is 10.6. The van der Waals surface area contributed by atoms with Crippen molar-refractivity contribution < 1.29 is 8.83 Å². The number of rotatable bonds is 4. The highest BCUT2D eigenvalue weighted by atomic mass is 16.3. The quantitative estimate of drug-likeness (QED) is 0.196. The minimum atomic E-state index is -0.165. The van der Waals surface area contributed by atoms with Crippen molar-refractivity contribution in [2.45, 2.75) is 44.4 Å². The molecule has 2 unspecified atom stereocenters. The van der Waals surface area contributed by atoms with Gasteiger partial charge in [0.05, 0.1) is 0 Å². The lowest BCUT2D eigenvalue weighted by Gasteiger charge is -2.31. The van der Waals surface area contributed by atoms with E-state index in [0.717, 1.165) is 61.0 Å². The van der Waals surface area contributed by atoms with Crippen molar-refractivity contribution in [3.63, 3.8) is 0 Å². The summed E-state index contributed by atoms with van der Waals surface area (Å²) in [5.41, 5.74) is 18.6. The summed E-state index contributed by atoms with van der Waals surface area (Å²) in [7, 11) is 0. The van der Waals surface area contributed by atoms with E-state index in [2.05, 4.69) is 179 Å². The van der Waals surface area contributed by atoms with Gasteiger partial charge in [-0.1, -0.05) is 149 Å². The third-order valence-corrected chi connectivity index (χ3v) is 13.6. The monoisotopic (exact) mass is 735 g/mol. The summed E-state index contributed by atoms with van der Waals surface area (Å²) in [6.07, 6.45) is 7.17. The Kier molecular flexibility index (Phi) is 6.58. The topological polar surface area (TPSA) is 38.3 Å². The molecule has 0 aliphatic heterocycles. The smallest absolute Gasteiger partial charge is 0.143 e. The SMILES string of the molecule is CC1(C)c2cc(NC3=CC4C(C=C3)c3ccc(-c5cccc6c5oc5ccccc56)cc3C4(C)C)ccc2-c2ccc(-c3cccc4c3oc3ccccc34)cc21. The summed E-state index contributed by atoms with van der Waals surface area (Å²) in [5.74, 6) is 0.673. The Morgan fingerprint density at radius 1 is 0.509 bits per heavy atom. The third kappa shape index (κ3) is 4.60. The molecule has 7 aromatic carbocycles. The molecule has 2 aromatic heterocycles. The van der Waals surface area contributed by atoms with Crippen molar-refractivity contribution in [1.82, 2.24) is 0 Å². The van der Waals surface area contributed by atoms with Crippen LogP contribution in [0.3, 0.4) is 0 Å². The Labute approximate surface area is 332 Å². The second-order valence-corrected chi connectivity index (χ2v) is 17.4. The number of hydrogen-bond acceptors (Lipinski definition) is 3. The molecule has 0 amide bonds. The minimum Gasteiger partial charge on any atom is -0.455 e. The molecule has 3 aliphatic rings. The largest absolute Gasteiger partial charge is 0.455 e. The maximum atomic E-state index is 6.45. The van der Waals surface area contributed by atoms with Gasteiger partial charge in [0.25, 0.3) is 0 Å². The van der Waals surface area contributed by atoms with Crippen LogP contribution in [0.5, 0.6) is 0 Å². The van der Waals surface area contributed by atoms with Crippen molar-refractivity contribution in [3.8, 4) is 33.4 Å². The fourth-order valence-corrected chi connectivity index (χ4v) is 10.6. The third-order valence-electron chi connectivity index (χ3n) is 13.6. The second-order valence-electron chi connectivity index (χ2n) is 17.4. The summed E-state index contributed by atoms with van der Waals surface area (Å²) in [6.45, 7) is 9.54. The lowest BCUT2D eigenvalue weighted by atomic mass is 9.74. The molecule has 0 saturated carbocycles. The number of benzene rings is 7. The summed E-state index contributed by atoms with van der Waals surface area (Å²) in [6, 6.07) is 50.6. The van der Waals surface area contributed by atoms with Crippen LogP contribution in [-0.4, -0.2) is 0 Å². The number of fused-ring (bicyclic) bond motifs is 12. The molecule has 12 rings (SSSR count). The fraction of sp³-hybridized carbons (Fsp3) is 0.148. The highest BCUT2D eigenvalue weighted by Crippen LogP contribution is 2.55. The van der Waals surface area contributed by atoms with Gasteiger partial charge in [-0.15, -0.1) is 0 Å². The molecule has 2 heterocycles. The minimum absolute atomic E-state index is 0.0541. The first-order valence-corrected chi connectivity index (χ1v) is 20.2. The molecule has 3 nitrogen and oxygen atoms in total. The predicted octanol–water partition coefficient (Wildman–Crippen LogP) is 14.7. The first-order valence-electron chi connectivity index (χ1n) is 20.2. The summed E-state index contributed by atoms with van der Waals surface area (Å²) >= 11 is 0. The van der Waals surface area contributed by atoms with Crippen LogP contribution in [0.15, 0.2) is 172 Å². The van der Waals surface area contributed by atoms with Crippen LogP contribution in [-0.2, 0) is 10.8 Å². The van der Waals surface area contributed by atoms with Gasteiger partial charge in [-0.25, -0.2) is 0 Å². The molecule has 2 atom stereocenters. The van der Waals surface area contributed by atoms with Gasteiger partial charge in [-0.3, -0.25) is 0 Å². The maximum Gasteiger partial charge on any atom is 0.143 e. The Morgan fingerprint density at radius 3 is 1.74 bits per heavy atom. The number of furan rings is 2. The van der Waals surface area contributed by atoms with Crippen LogP contribution in [0.2, 0.25) is 0 Å². The molecule has 274 valence electrons. The molecule has 3 aliphatic carbocycles. The zero-order valence-electron chi connectivity index (χ0n) is 32.5. The zero-order chi connectivity index (χ0) is 38.2. The van der Waals surface area contributed by atoms with E-state index in [0.29, 0.717) is 11.8 Å². The Bertz CT molecular complexity index is 3240. The Balaban J connectivity index is 0.846. The molecular weight excluding hydrogens is 695 g/mol. The first kappa shape index (κ1) is 32.6. The van der Waals surface area contributed by atoms with Gasteiger partial charge in [0.2, 0.25) is 0 Å². The van der Waals surface area contributed by atoms with Crippen molar-refractivity contribution in [1.29, 1.82) is 0 Å². The molecular formula is C54H41NO2. The maximum absolute atomic E-state index is 6.45. The van der Waals surface area contributed by atoms with Crippen molar-refractivity contribution in [2.24, 2.45) is 5.92 Å². The number of nitrogens with one attached hydrogen (secondary N) is 1. The molecule has 9 aromatic rings. The zero-order valence-corrected chi connectivity index (χ0v) is 32.5. The molecule has 0 fully saturated rings. The lowest BCUT2D eigenvalue weighted by Crippen LogP contribution is -2.26. The summed E-state index contributed by atoms with van der Waals surface area (Å²) < 4.78 is 12.9. The van der Waals surface area contributed by atoms with Crippen LogP contribution in [0.1, 0.15) is 55.9 Å². The van der Waals surface area contributed by atoms with E-state index in [1.165, 1.54) is 49.9 Å². The van der Waals surface area contributed by atoms with Gasteiger partial charge in [-0.2, -0.15) is 0 Å². The van der Waals surface area contributed by atoms with E-state index in [1.54, 1.807) is 0 Å². The molecule has 3 heteroatoms. The van der Waals surface area contributed by atoms with Gasteiger partial charge >= 0.3 is 0 Å². The highest BCUT2D eigenvalue weighted by Gasteiger charge is 2.45. The molecule has 57 heavy (non-hydrogen) atoms. The van der Waals surface area contributed by atoms with Crippen LogP contribution in [0.25, 0.3) is 77.3 Å². The predicted molar refractivity (Wildman–Crippen MR) is 236 cm³/mol. The van der Waals surface area contributed by atoms with Crippen LogP contribution >= 0.6 is 0 Å². The second kappa shape index (κ2) is 11.5. The number of hydrogen-bond donors (Lipinski definition) is 1. The van der Waals surface area contributed by atoms with E-state index in [4.69, 9.17) is 8.83 Å². The van der Waals surface area contributed by atoms with E-state index < -0.39 is 0 Å². The Hall–Kier alpha value is -6.58. The average molecular weight is 736 g/mol. The van der Waals surface area contributed by atoms with Gasteiger partial charge in [0.15, 0.2) is 0 Å². The molecule has 1 N–H and O–H groups in total. The molecule has 0 radical (unpaired) electrons. The van der Waals surface area contributed by atoms with Gasteiger partial charge in [0, 0.05) is 55.4 Å². The van der Waals surface area contributed by atoms with Gasteiger partial charge < -0.3 is 14.2 Å². The average Bonchev–Trinajstić information content (AvgIpc) is 3.93. The van der Waals surface area contributed by atoms with Gasteiger partial charge in [0.1, 0.15) is 22.3 Å². The van der Waals surface area contributed by atoms with Crippen LogP contribution < -0.4 is 5.32 Å². The lowest BCUT2D eigenvalue weighted by molar-refractivity contribution is 0.393. The van der Waals surface area contributed by atoms with E-state index >= 15 is 0 Å². The molecule has 0 spiro atoms.